The first-order valence-corrected chi connectivity index (χ1v) is 8.98. The van der Waals surface area contributed by atoms with Gasteiger partial charge in [-0.2, -0.15) is 0 Å². The Morgan fingerprint density at radius 3 is 2.19 bits per heavy atom. The largest absolute Gasteiger partial charge is 0.497 e. The Morgan fingerprint density at radius 1 is 0.926 bits per heavy atom. The van der Waals surface area contributed by atoms with Gasteiger partial charge in [-0.3, -0.25) is 9.59 Å². The van der Waals surface area contributed by atoms with Gasteiger partial charge in [-0.05, 0) is 42.8 Å². The molecule has 1 fully saturated rings. The molecule has 3 rings (SSSR count). The van der Waals surface area contributed by atoms with Gasteiger partial charge in [0.2, 0.25) is 0 Å². The first-order chi connectivity index (χ1) is 13.1. The number of amides is 2. The SMILES string of the molecule is COc1ccc(C(=O)N2CCN(C(=O)COc3ccccc3C)CC2)cc1. The molecule has 0 saturated carbocycles. The van der Waals surface area contributed by atoms with E-state index in [4.69, 9.17) is 9.47 Å². The van der Waals surface area contributed by atoms with Crippen LogP contribution in [-0.4, -0.2) is 61.5 Å². The van der Waals surface area contributed by atoms with E-state index in [0.29, 0.717) is 31.7 Å². The number of hydrogen-bond acceptors (Lipinski definition) is 4. The van der Waals surface area contributed by atoms with Gasteiger partial charge < -0.3 is 19.3 Å². The topological polar surface area (TPSA) is 59.1 Å². The van der Waals surface area contributed by atoms with Crippen molar-refractivity contribution < 1.29 is 19.1 Å². The summed E-state index contributed by atoms with van der Waals surface area (Å²) in [5, 5.41) is 0. The number of piperazine rings is 1. The zero-order valence-corrected chi connectivity index (χ0v) is 15.7. The normalized spacial score (nSPS) is 14.0. The summed E-state index contributed by atoms with van der Waals surface area (Å²) in [5.74, 6) is 1.35. The summed E-state index contributed by atoms with van der Waals surface area (Å²) in [7, 11) is 1.59. The van der Waals surface area contributed by atoms with E-state index in [0.717, 1.165) is 17.1 Å². The van der Waals surface area contributed by atoms with Crippen LogP contribution in [0, 0.1) is 6.92 Å². The van der Waals surface area contributed by atoms with Gasteiger partial charge in [0.15, 0.2) is 6.61 Å². The van der Waals surface area contributed by atoms with E-state index in [1.165, 1.54) is 0 Å². The number of methoxy groups -OCH3 is 1. The van der Waals surface area contributed by atoms with Crippen molar-refractivity contribution in [2.24, 2.45) is 0 Å². The maximum Gasteiger partial charge on any atom is 0.260 e. The van der Waals surface area contributed by atoms with E-state index < -0.39 is 0 Å². The lowest BCUT2D eigenvalue weighted by Crippen LogP contribution is -2.51. The van der Waals surface area contributed by atoms with E-state index in [1.807, 2.05) is 31.2 Å². The van der Waals surface area contributed by atoms with Crippen LogP contribution in [0.3, 0.4) is 0 Å². The maximum atomic E-state index is 12.6. The lowest BCUT2D eigenvalue weighted by Gasteiger charge is -2.34. The van der Waals surface area contributed by atoms with Crippen molar-refractivity contribution in [3.8, 4) is 11.5 Å². The maximum absolute atomic E-state index is 12.6. The van der Waals surface area contributed by atoms with Crippen molar-refractivity contribution in [2.75, 3.05) is 39.9 Å². The number of nitrogens with zero attached hydrogens (tertiary/aromatic N) is 2. The van der Waals surface area contributed by atoms with E-state index in [2.05, 4.69) is 0 Å². The van der Waals surface area contributed by atoms with Crippen LogP contribution >= 0.6 is 0 Å². The Kier molecular flexibility index (Phi) is 5.96. The van der Waals surface area contributed by atoms with Crippen molar-refractivity contribution in [1.29, 1.82) is 0 Å². The van der Waals surface area contributed by atoms with Crippen LogP contribution in [0.4, 0.5) is 0 Å². The minimum atomic E-state index is -0.0604. The third-order valence-electron chi connectivity index (χ3n) is 4.70. The highest BCUT2D eigenvalue weighted by molar-refractivity contribution is 5.94. The molecule has 6 nitrogen and oxygen atoms in total. The van der Waals surface area contributed by atoms with Gasteiger partial charge in [0, 0.05) is 31.7 Å². The predicted octanol–water partition coefficient (Wildman–Crippen LogP) is 2.37. The molecule has 0 spiro atoms. The molecule has 0 aromatic heterocycles. The van der Waals surface area contributed by atoms with E-state index in [1.54, 1.807) is 41.2 Å². The fraction of sp³-hybridized carbons (Fsp3) is 0.333. The van der Waals surface area contributed by atoms with Crippen LogP contribution in [0.2, 0.25) is 0 Å². The molecule has 2 amide bonds. The molecule has 0 aliphatic carbocycles. The average Bonchev–Trinajstić information content (AvgIpc) is 2.72. The molecule has 0 radical (unpaired) electrons. The van der Waals surface area contributed by atoms with Gasteiger partial charge in [-0.15, -0.1) is 0 Å². The second-order valence-corrected chi connectivity index (χ2v) is 6.46. The number of para-hydroxylation sites is 1. The van der Waals surface area contributed by atoms with Gasteiger partial charge in [-0.25, -0.2) is 0 Å². The Hall–Kier alpha value is -3.02. The van der Waals surface area contributed by atoms with Gasteiger partial charge >= 0.3 is 0 Å². The number of carbonyl (C=O) groups excluding carboxylic acids is 2. The van der Waals surface area contributed by atoms with Crippen molar-refractivity contribution in [3.05, 3.63) is 59.7 Å². The predicted molar refractivity (Wildman–Crippen MR) is 102 cm³/mol. The third-order valence-corrected chi connectivity index (χ3v) is 4.70. The van der Waals surface area contributed by atoms with Gasteiger partial charge in [0.05, 0.1) is 7.11 Å². The molecule has 1 aliphatic heterocycles. The minimum absolute atomic E-state index is 0.0112. The first-order valence-electron chi connectivity index (χ1n) is 8.98. The summed E-state index contributed by atoms with van der Waals surface area (Å²) >= 11 is 0. The number of carbonyl (C=O) groups is 2. The molecule has 6 heteroatoms. The van der Waals surface area contributed by atoms with Gasteiger partial charge in [-0.1, -0.05) is 18.2 Å². The summed E-state index contributed by atoms with van der Waals surface area (Å²) in [6.45, 7) is 4.01. The monoisotopic (exact) mass is 368 g/mol. The van der Waals surface area contributed by atoms with Gasteiger partial charge in [0.25, 0.3) is 11.8 Å². The highest BCUT2D eigenvalue weighted by Gasteiger charge is 2.25. The summed E-state index contributed by atoms with van der Waals surface area (Å²) in [4.78, 5) is 28.5. The molecule has 0 atom stereocenters. The lowest BCUT2D eigenvalue weighted by atomic mass is 10.1. The number of aryl methyl sites for hydroxylation is 1. The third kappa shape index (κ3) is 4.58. The Balaban J connectivity index is 1.49. The van der Waals surface area contributed by atoms with Crippen molar-refractivity contribution in [1.82, 2.24) is 9.80 Å². The van der Waals surface area contributed by atoms with Crippen LogP contribution in [0.1, 0.15) is 15.9 Å². The van der Waals surface area contributed by atoms with Crippen molar-refractivity contribution in [3.63, 3.8) is 0 Å². The van der Waals surface area contributed by atoms with Crippen LogP contribution in [0.5, 0.6) is 11.5 Å². The van der Waals surface area contributed by atoms with Crippen LogP contribution < -0.4 is 9.47 Å². The number of hydrogen-bond donors (Lipinski definition) is 0. The fourth-order valence-electron chi connectivity index (χ4n) is 3.02. The lowest BCUT2D eigenvalue weighted by molar-refractivity contribution is -0.134. The molecule has 1 heterocycles. The highest BCUT2D eigenvalue weighted by atomic mass is 16.5. The Morgan fingerprint density at radius 2 is 1.56 bits per heavy atom. The molecule has 0 bridgehead atoms. The molecule has 0 N–H and O–H groups in total. The summed E-state index contributed by atoms with van der Waals surface area (Å²) in [6, 6.07) is 14.7. The van der Waals surface area contributed by atoms with E-state index >= 15 is 0 Å². The summed E-state index contributed by atoms with van der Waals surface area (Å²) in [5.41, 5.74) is 1.62. The second kappa shape index (κ2) is 8.58. The summed E-state index contributed by atoms with van der Waals surface area (Å²) < 4.78 is 10.7. The second-order valence-electron chi connectivity index (χ2n) is 6.46. The van der Waals surface area contributed by atoms with Crippen molar-refractivity contribution in [2.45, 2.75) is 6.92 Å². The molecule has 2 aromatic carbocycles. The minimum Gasteiger partial charge on any atom is -0.497 e. The standard InChI is InChI=1S/C21H24N2O4/c1-16-5-3-4-6-19(16)27-15-20(24)22-11-13-23(14-12-22)21(25)17-7-9-18(26-2)10-8-17/h3-10H,11-15H2,1-2H3. The molecular formula is C21H24N2O4. The Labute approximate surface area is 159 Å². The average molecular weight is 368 g/mol. The Bertz CT molecular complexity index is 796. The van der Waals surface area contributed by atoms with Crippen LogP contribution in [-0.2, 0) is 4.79 Å². The highest BCUT2D eigenvalue weighted by Crippen LogP contribution is 2.17. The molecule has 0 unspecified atom stereocenters. The van der Waals surface area contributed by atoms with Gasteiger partial charge in [0.1, 0.15) is 11.5 Å². The smallest absolute Gasteiger partial charge is 0.260 e. The molecule has 1 saturated heterocycles. The number of benzene rings is 2. The quantitative estimate of drug-likeness (QED) is 0.813. The molecular weight excluding hydrogens is 344 g/mol. The molecule has 1 aliphatic rings. The number of ether oxygens (including phenoxy) is 2. The molecule has 2 aromatic rings. The molecule has 27 heavy (non-hydrogen) atoms. The van der Waals surface area contributed by atoms with Crippen molar-refractivity contribution >= 4 is 11.8 Å². The molecule has 142 valence electrons. The summed E-state index contributed by atoms with van der Waals surface area (Å²) in [6.07, 6.45) is 0. The zero-order chi connectivity index (χ0) is 19.2. The van der Waals surface area contributed by atoms with E-state index in [9.17, 15) is 9.59 Å². The van der Waals surface area contributed by atoms with Crippen LogP contribution in [0.15, 0.2) is 48.5 Å². The first kappa shape index (κ1) is 18.8. The van der Waals surface area contributed by atoms with Crippen LogP contribution in [0.25, 0.3) is 0 Å². The number of rotatable bonds is 5. The zero-order valence-electron chi connectivity index (χ0n) is 15.7. The van der Waals surface area contributed by atoms with E-state index in [-0.39, 0.29) is 18.4 Å². The fourth-order valence-corrected chi connectivity index (χ4v) is 3.02.